The van der Waals surface area contributed by atoms with E-state index >= 15 is 0 Å². The summed E-state index contributed by atoms with van der Waals surface area (Å²) in [5.74, 6) is 0.688. The van der Waals surface area contributed by atoms with Crippen LogP contribution in [0, 0.1) is 6.92 Å². The van der Waals surface area contributed by atoms with Crippen LogP contribution in [-0.4, -0.2) is 19.4 Å². The Morgan fingerprint density at radius 3 is 2.46 bits per heavy atom. The van der Waals surface area contributed by atoms with Gasteiger partial charge in [0.1, 0.15) is 5.75 Å². The summed E-state index contributed by atoms with van der Waals surface area (Å²) in [4.78, 5) is 14.5. The molecule has 24 heavy (non-hydrogen) atoms. The number of fused-ring (bicyclic) bond motifs is 1. The van der Waals surface area contributed by atoms with Crippen molar-refractivity contribution < 1.29 is 9.53 Å². The van der Waals surface area contributed by atoms with E-state index in [0.29, 0.717) is 0 Å². The van der Waals surface area contributed by atoms with Crippen LogP contribution < -0.4 is 9.64 Å². The fourth-order valence-corrected chi connectivity index (χ4v) is 3.24. The number of ketones is 1. The molecule has 1 aliphatic heterocycles. The quantitative estimate of drug-likeness (QED) is 0.788. The summed E-state index contributed by atoms with van der Waals surface area (Å²) in [6.07, 6.45) is 1.72. The predicted molar refractivity (Wildman–Crippen MR) is 97.6 cm³/mol. The highest BCUT2D eigenvalue weighted by atomic mass is 16.5. The number of aryl methyl sites for hydroxylation is 1. The molecule has 0 saturated carbocycles. The topological polar surface area (TPSA) is 29.5 Å². The monoisotopic (exact) mass is 321 g/mol. The standard InChI is InChI=1S/C21H23NO2/c1-15-9-11-17(12-10-15)24-14-16(23)13-20-21(2,3)18-7-5-6-8-19(18)22(20)4/h5-13H,14H2,1-4H3/b20-13+. The van der Waals surface area contributed by atoms with Crippen molar-refractivity contribution in [3.05, 3.63) is 71.4 Å². The first-order valence-corrected chi connectivity index (χ1v) is 8.17. The van der Waals surface area contributed by atoms with E-state index < -0.39 is 0 Å². The highest BCUT2D eigenvalue weighted by Crippen LogP contribution is 2.46. The lowest BCUT2D eigenvalue weighted by atomic mass is 9.83. The van der Waals surface area contributed by atoms with Gasteiger partial charge in [-0.15, -0.1) is 0 Å². The Bertz CT molecular complexity index is 788. The molecule has 2 aromatic carbocycles. The molecule has 0 aliphatic carbocycles. The predicted octanol–water partition coefficient (Wildman–Crippen LogP) is 4.25. The van der Waals surface area contributed by atoms with Crippen LogP contribution in [0.15, 0.2) is 60.3 Å². The third-order valence-corrected chi connectivity index (χ3v) is 4.64. The van der Waals surface area contributed by atoms with E-state index in [0.717, 1.165) is 17.1 Å². The van der Waals surface area contributed by atoms with Crippen LogP contribution in [0.3, 0.4) is 0 Å². The first-order chi connectivity index (χ1) is 11.4. The number of allylic oxidation sites excluding steroid dienone is 1. The molecule has 0 saturated heterocycles. The van der Waals surface area contributed by atoms with Gasteiger partial charge in [-0.1, -0.05) is 49.7 Å². The van der Waals surface area contributed by atoms with Gasteiger partial charge in [-0.3, -0.25) is 4.79 Å². The molecule has 0 atom stereocenters. The van der Waals surface area contributed by atoms with E-state index in [1.54, 1.807) is 6.08 Å². The number of likely N-dealkylation sites (N-methyl/N-ethyl adjacent to an activating group) is 1. The number of carbonyl (C=O) groups excluding carboxylic acids is 1. The molecule has 0 fully saturated rings. The third kappa shape index (κ3) is 2.94. The minimum atomic E-state index is -0.190. The van der Waals surface area contributed by atoms with Gasteiger partial charge in [-0.2, -0.15) is 0 Å². The summed E-state index contributed by atoms with van der Waals surface area (Å²) < 4.78 is 5.60. The molecular weight excluding hydrogens is 298 g/mol. The van der Waals surface area contributed by atoms with Gasteiger partial charge >= 0.3 is 0 Å². The Hall–Kier alpha value is -2.55. The van der Waals surface area contributed by atoms with Gasteiger partial charge in [0.25, 0.3) is 0 Å². The van der Waals surface area contributed by atoms with E-state index in [1.807, 2.05) is 50.4 Å². The van der Waals surface area contributed by atoms with Crippen molar-refractivity contribution in [3.8, 4) is 5.75 Å². The normalized spacial score (nSPS) is 17.0. The van der Waals surface area contributed by atoms with Crippen LogP contribution in [0.1, 0.15) is 25.0 Å². The first-order valence-electron chi connectivity index (χ1n) is 8.17. The Morgan fingerprint density at radius 1 is 1.12 bits per heavy atom. The van der Waals surface area contributed by atoms with Crippen LogP contribution in [0.4, 0.5) is 5.69 Å². The van der Waals surface area contributed by atoms with Crippen LogP contribution in [0.25, 0.3) is 0 Å². The van der Waals surface area contributed by atoms with Crippen molar-refractivity contribution in [2.45, 2.75) is 26.2 Å². The fraction of sp³-hybridized carbons (Fsp3) is 0.286. The maximum atomic E-state index is 12.4. The highest BCUT2D eigenvalue weighted by Gasteiger charge is 2.38. The van der Waals surface area contributed by atoms with E-state index in [2.05, 4.69) is 30.9 Å². The van der Waals surface area contributed by atoms with E-state index in [-0.39, 0.29) is 17.8 Å². The third-order valence-electron chi connectivity index (χ3n) is 4.64. The Balaban J connectivity index is 1.76. The number of hydrogen-bond donors (Lipinski definition) is 0. The van der Waals surface area contributed by atoms with Crippen LogP contribution in [0.5, 0.6) is 5.75 Å². The zero-order chi connectivity index (χ0) is 17.3. The second kappa shape index (κ2) is 6.16. The van der Waals surface area contributed by atoms with Crippen molar-refractivity contribution in [1.29, 1.82) is 0 Å². The zero-order valence-corrected chi connectivity index (χ0v) is 14.7. The van der Waals surface area contributed by atoms with Crippen molar-refractivity contribution in [3.63, 3.8) is 0 Å². The molecule has 124 valence electrons. The lowest BCUT2D eigenvalue weighted by molar-refractivity contribution is -0.116. The molecule has 0 spiro atoms. The average molecular weight is 321 g/mol. The van der Waals surface area contributed by atoms with E-state index in [9.17, 15) is 4.79 Å². The number of benzene rings is 2. The van der Waals surface area contributed by atoms with Gasteiger partial charge in [-0.25, -0.2) is 0 Å². The molecule has 0 unspecified atom stereocenters. The molecule has 2 aromatic rings. The van der Waals surface area contributed by atoms with Crippen molar-refractivity contribution in [1.82, 2.24) is 0 Å². The van der Waals surface area contributed by atoms with Gasteiger partial charge in [0.2, 0.25) is 0 Å². The Kier molecular flexibility index (Phi) is 4.18. The maximum Gasteiger partial charge on any atom is 0.194 e. The summed E-state index contributed by atoms with van der Waals surface area (Å²) in [6.45, 7) is 6.37. The number of nitrogens with zero attached hydrogens (tertiary/aromatic N) is 1. The molecule has 1 heterocycles. The second-order valence-corrected chi connectivity index (χ2v) is 6.80. The number of anilines is 1. The molecule has 0 amide bonds. The summed E-state index contributed by atoms with van der Waals surface area (Å²) in [7, 11) is 2.01. The first kappa shape index (κ1) is 16.3. The largest absolute Gasteiger partial charge is 0.485 e. The molecule has 3 nitrogen and oxygen atoms in total. The summed E-state index contributed by atoms with van der Waals surface area (Å²) in [5.41, 5.74) is 4.38. The zero-order valence-electron chi connectivity index (χ0n) is 14.7. The van der Waals surface area contributed by atoms with Crippen molar-refractivity contribution in [2.24, 2.45) is 0 Å². The minimum absolute atomic E-state index is 0.0293. The summed E-state index contributed by atoms with van der Waals surface area (Å²) in [6, 6.07) is 16.0. The fourth-order valence-electron chi connectivity index (χ4n) is 3.24. The van der Waals surface area contributed by atoms with Gasteiger partial charge < -0.3 is 9.64 Å². The second-order valence-electron chi connectivity index (χ2n) is 6.80. The lowest BCUT2D eigenvalue weighted by Gasteiger charge is -2.23. The molecule has 0 radical (unpaired) electrons. The van der Waals surface area contributed by atoms with Gasteiger partial charge in [0.05, 0.1) is 0 Å². The molecular formula is C21H23NO2. The van der Waals surface area contributed by atoms with E-state index in [4.69, 9.17) is 4.74 Å². The van der Waals surface area contributed by atoms with Crippen molar-refractivity contribution in [2.75, 3.05) is 18.6 Å². The van der Waals surface area contributed by atoms with Crippen LogP contribution >= 0.6 is 0 Å². The molecule has 3 rings (SSSR count). The van der Waals surface area contributed by atoms with E-state index in [1.165, 1.54) is 11.1 Å². The lowest BCUT2D eigenvalue weighted by Crippen LogP contribution is -2.25. The maximum absolute atomic E-state index is 12.4. The molecule has 0 bridgehead atoms. The van der Waals surface area contributed by atoms with Gasteiger partial charge in [0, 0.05) is 29.9 Å². The van der Waals surface area contributed by atoms with Crippen LogP contribution in [-0.2, 0) is 10.2 Å². The highest BCUT2D eigenvalue weighted by molar-refractivity contribution is 5.93. The van der Waals surface area contributed by atoms with Crippen molar-refractivity contribution >= 4 is 11.5 Å². The Labute approximate surface area is 143 Å². The smallest absolute Gasteiger partial charge is 0.194 e. The summed E-state index contributed by atoms with van der Waals surface area (Å²) >= 11 is 0. The number of ether oxygens (including phenoxy) is 1. The van der Waals surface area contributed by atoms with Gasteiger partial charge in [-0.05, 0) is 30.7 Å². The van der Waals surface area contributed by atoms with Crippen LogP contribution in [0.2, 0.25) is 0 Å². The number of para-hydroxylation sites is 1. The van der Waals surface area contributed by atoms with Gasteiger partial charge in [0.15, 0.2) is 12.4 Å². The number of rotatable bonds is 4. The minimum Gasteiger partial charge on any atom is -0.485 e. The molecule has 0 N–H and O–H groups in total. The average Bonchev–Trinajstić information content (AvgIpc) is 2.76. The molecule has 3 heteroatoms. The number of hydrogen-bond acceptors (Lipinski definition) is 3. The molecule has 0 aromatic heterocycles. The summed E-state index contributed by atoms with van der Waals surface area (Å²) in [5, 5.41) is 0. The SMILES string of the molecule is Cc1ccc(OCC(=O)/C=C2/N(C)c3ccccc3C2(C)C)cc1. The Morgan fingerprint density at radius 2 is 1.79 bits per heavy atom. The molecule has 1 aliphatic rings. The number of carbonyl (C=O) groups is 1.